The van der Waals surface area contributed by atoms with Gasteiger partial charge in [-0.15, -0.1) is 0 Å². The maximum absolute atomic E-state index is 13.0. The molecular weight excluding hydrogens is 1210 g/mol. The third kappa shape index (κ3) is 66.7. The maximum atomic E-state index is 13.0. The highest BCUT2D eigenvalue weighted by Crippen LogP contribution is 2.45. The molecule has 5 atom stereocenters. The molecule has 0 radical (unpaired) electrons. The fraction of sp³-hybridized carbons (Fsp3) is 0.945. The number of unbranched alkanes of at least 4 members (excludes halogenated alkanes) is 39. The lowest BCUT2D eigenvalue weighted by atomic mass is 10.0. The van der Waals surface area contributed by atoms with Crippen molar-refractivity contribution in [3.8, 4) is 0 Å². The molecule has 92 heavy (non-hydrogen) atoms. The van der Waals surface area contributed by atoms with Crippen LogP contribution in [0.2, 0.25) is 0 Å². The molecule has 0 aliphatic rings. The molecule has 3 N–H and O–H groups in total. The highest BCUT2D eigenvalue weighted by Gasteiger charge is 2.30. The van der Waals surface area contributed by atoms with Gasteiger partial charge in [0.1, 0.15) is 19.3 Å². The summed E-state index contributed by atoms with van der Waals surface area (Å²) in [6.07, 6.45) is 48.8. The van der Waals surface area contributed by atoms with Crippen LogP contribution in [0.1, 0.15) is 370 Å². The Kier molecular flexibility index (Phi) is 62.4. The monoisotopic (exact) mass is 1350 g/mol. The fourth-order valence-corrected chi connectivity index (χ4v) is 12.7. The van der Waals surface area contributed by atoms with Crippen LogP contribution in [0.5, 0.6) is 0 Å². The standard InChI is InChI=1S/C73H142O17P2/c1-8-9-10-11-12-13-14-15-16-17-18-19-20-21-22-23-35-42-49-56-72(77)89-68(60-83-70(75)54-47-40-33-27-24-30-37-44-51-64(2)3)62-87-91(79,80)85-58-67(74)59-86-92(81,82)88-63-69(90-73(78)57-50-43-36-29-26-32-39-46-53-66(6)7)61-84-71(76)55-48-41-34-28-25-31-38-45-52-65(4)5/h64-69,74H,8-63H2,1-7H3,(H,79,80)(H,81,82)/t67-,68-,69-/m1/s1. The predicted molar refractivity (Wildman–Crippen MR) is 372 cm³/mol. The van der Waals surface area contributed by atoms with Gasteiger partial charge in [0.25, 0.3) is 0 Å². The van der Waals surface area contributed by atoms with Crippen LogP contribution in [0.4, 0.5) is 0 Å². The van der Waals surface area contributed by atoms with Crippen LogP contribution in [-0.4, -0.2) is 96.7 Å². The van der Waals surface area contributed by atoms with Gasteiger partial charge in [-0.3, -0.25) is 37.3 Å². The number of carbonyl (C=O) groups is 4. The van der Waals surface area contributed by atoms with Gasteiger partial charge in [-0.1, -0.05) is 318 Å². The van der Waals surface area contributed by atoms with Crippen LogP contribution in [0.15, 0.2) is 0 Å². The SMILES string of the molecule is CCCCCCCCCCCCCCCCCCCCCC(=O)O[C@H](COC(=O)CCCCCCCCCCC(C)C)COP(=O)(O)OC[C@@H](O)COP(=O)(O)OC[C@@H](COC(=O)CCCCCCCCCCC(C)C)OC(=O)CCCCCCCCCCC(C)C. The normalized spacial score (nSPS) is 14.1. The van der Waals surface area contributed by atoms with Crippen LogP contribution < -0.4 is 0 Å². The number of phosphoric acid groups is 2. The molecule has 0 heterocycles. The van der Waals surface area contributed by atoms with Crippen LogP contribution in [-0.2, 0) is 65.4 Å². The zero-order valence-electron chi connectivity index (χ0n) is 60.0. The van der Waals surface area contributed by atoms with Gasteiger partial charge in [-0.05, 0) is 43.4 Å². The molecule has 0 aromatic carbocycles. The molecule has 0 aliphatic carbocycles. The van der Waals surface area contributed by atoms with Gasteiger partial charge >= 0.3 is 39.5 Å². The summed E-state index contributed by atoms with van der Waals surface area (Å²) in [6.45, 7) is 11.8. The number of hydrogen-bond acceptors (Lipinski definition) is 15. The number of ether oxygens (including phenoxy) is 4. The molecule has 0 aromatic rings. The molecule has 0 amide bonds. The van der Waals surface area contributed by atoms with E-state index in [0.717, 1.165) is 108 Å². The van der Waals surface area contributed by atoms with Gasteiger partial charge in [-0.25, -0.2) is 9.13 Å². The van der Waals surface area contributed by atoms with Crippen LogP contribution >= 0.6 is 15.6 Å². The van der Waals surface area contributed by atoms with E-state index in [-0.39, 0.29) is 25.7 Å². The summed E-state index contributed by atoms with van der Waals surface area (Å²) < 4.78 is 68.4. The first-order valence-electron chi connectivity index (χ1n) is 37.8. The number of aliphatic hydroxyl groups is 1. The van der Waals surface area contributed by atoms with E-state index in [4.69, 9.17) is 37.0 Å². The number of rotatable bonds is 71. The lowest BCUT2D eigenvalue weighted by Crippen LogP contribution is -2.30. The third-order valence-corrected chi connectivity index (χ3v) is 18.8. The van der Waals surface area contributed by atoms with Crippen molar-refractivity contribution in [3.63, 3.8) is 0 Å². The second kappa shape index (κ2) is 63.8. The molecule has 0 spiro atoms. The molecule has 0 aromatic heterocycles. The molecule has 19 heteroatoms. The average molecular weight is 1350 g/mol. The number of aliphatic hydroxyl groups excluding tert-OH is 1. The summed E-state index contributed by atoms with van der Waals surface area (Å²) in [6, 6.07) is 0. The van der Waals surface area contributed by atoms with E-state index in [1.165, 1.54) is 180 Å². The van der Waals surface area contributed by atoms with E-state index >= 15 is 0 Å². The van der Waals surface area contributed by atoms with Crippen molar-refractivity contribution >= 4 is 39.5 Å². The summed E-state index contributed by atoms with van der Waals surface area (Å²) in [7, 11) is -9.91. The molecule has 17 nitrogen and oxygen atoms in total. The van der Waals surface area contributed by atoms with E-state index < -0.39 is 97.5 Å². The van der Waals surface area contributed by atoms with Crippen molar-refractivity contribution in [1.29, 1.82) is 0 Å². The maximum Gasteiger partial charge on any atom is 0.472 e. The molecule has 0 bridgehead atoms. The molecule has 0 saturated heterocycles. The Hall–Kier alpha value is -1.94. The number of esters is 4. The van der Waals surface area contributed by atoms with Gasteiger partial charge in [0.2, 0.25) is 0 Å². The van der Waals surface area contributed by atoms with Crippen LogP contribution in [0.3, 0.4) is 0 Å². The Morgan fingerprint density at radius 2 is 0.500 bits per heavy atom. The van der Waals surface area contributed by atoms with Crippen molar-refractivity contribution in [2.45, 2.75) is 388 Å². The highest BCUT2D eigenvalue weighted by molar-refractivity contribution is 7.47. The van der Waals surface area contributed by atoms with Crippen molar-refractivity contribution in [3.05, 3.63) is 0 Å². The summed E-state index contributed by atoms with van der Waals surface area (Å²) >= 11 is 0. The van der Waals surface area contributed by atoms with Crippen molar-refractivity contribution < 1.29 is 80.2 Å². The molecule has 546 valence electrons. The highest BCUT2D eigenvalue weighted by atomic mass is 31.2. The minimum absolute atomic E-state index is 0.104. The zero-order chi connectivity index (χ0) is 68.0. The van der Waals surface area contributed by atoms with Crippen molar-refractivity contribution in [2.24, 2.45) is 17.8 Å². The molecule has 0 rings (SSSR count). The minimum Gasteiger partial charge on any atom is -0.462 e. The Labute approximate surface area is 562 Å². The Morgan fingerprint density at radius 3 is 0.739 bits per heavy atom. The van der Waals surface area contributed by atoms with Gasteiger partial charge < -0.3 is 33.8 Å². The average Bonchev–Trinajstić information content (AvgIpc) is 1.58. The van der Waals surface area contributed by atoms with E-state index in [2.05, 4.69) is 48.5 Å². The lowest BCUT2D eigenvalue weighted by Gasteiger charge is -2.21. The van der Waals surface area contributed by atoms with E-state index in [9.17, 15) is 43.2 Å². The molecule has 0 saturated carbocycles. The first-order chi connectivity index (χ1) is 44.2. The van der Waals surface area contributed by atoms with Gasteiger partial charge in [-0.2, -0.15) is 0 Å². The number of phosphoric ester groups is 2. The minimum atomic E-state index is -4.95. The fourth-order valence-electron chi connectivity index (χ4n) is 11.1. The number of hydrogen-bond donors (Lipinski definition) is 3. The molecule has 2 unspecified atom stereocenters. The van der Waals surface area contributed by atoms with Crippen LogP contribution in [0, 0.1) is 17.8 Å². The summed E-state index contributed by atoms with van der Waals surface area (Å²) in [4.78, 5) is 72.6. The molecular formula is C73H142O17P2. The van der Waals surface area contributed by atoms with Crippen molar-refractivity contribution in [2.75, 3.05) is 39.6 Å². The van der Waals surface area contributed by atoms with Gasteiger partial charge in [0.05, 0.1) is 26.4 Å². The Morgan fingerprint density at radius 1 is 0.293 bits per heavy atom. The van der Waals surface area contributed by atoms with Crippen LogP contribution in [0.25, 0.3) is 0 Å². The van der Waals surface area contributed by atoms with E-state index in [0.29, 0.717) is 25.7 Å². The van der Waals surface area contributed by atoms with E-state index in [1.807, 2.05) is 0 Å². The van der Waals surface area contributed by atoms with Gasteiger partial charge in [0.15, 0.2) is 12.2 Å². The van der Waals surface area contributed by atoms with E-state index in [1.54, 1.807) is 0 Å². The lowest BCUT2D eigenvalue weighted by molar-refractivity contribution is -0.161. The first kappa shape index (κ1) is 90.1. The molecule has 0 aliphatic heterocycles. The first-order valence-corrected chi connectivity index (χ1v) is 40.8. The topological polar surface area (TPSA) is 237 Å². The summed E-state index contributed by atoms with van der Waals surface area (Å²) in [5, 5.41) is 10.6. The quantitative estimate of drug-likeness (QED) is 0.0222. The predicted octanol–water partition coefficient (Wildman–Crippen LogP) is 21.0. The third-order valence-electron chi connectivity index (χ3n) is 16.9. The smallest absolute Gasteiger partial charge is 0.462 e. The van der Waals surface area contributed by atoms with Crippen molar-refractivity contribution in [1.82, 2.24) is 0 Å². The second-order valence-corrected chi connectivity index (χ2v) is 30.7. The van der Waals surface area contributed by atoms with Gasteiger partial charge in [0, 0.05) is 25.7 Å². The Balaban J connectivity index is 5.21. The molecule has 0 fully saturated rings. The second-order valence-electron chi connectivity index (χ2n) is 27.8. The summed E-state index contributed by atoms with van der Waals surface area (Å²) in [5.74, 6) is 0.0451. The Bertz CT molecular complexity index is 1800. The largest absolute Gasteiger partial charge is 0.472 e. The summed E-state index contributed by atoms with van der Waals surface area (Å²) in [5.41, 5.74) is 0. The number of carbonyl (C=O) groups excluding carboxylic acids is 4. The zero-order valence-corrected chi connectivity index (χ0v) is 61.8.